The van der Waals surface area contributed by atoms with E-state index in [1.54, 1.807) is 0 Å². The van der Waals surface area contributed by atoms with Crippen LogP contribution < -0.4 is 17.2 Å². The molecule has 0 aromatic heterocycles. The lowest BCUT2D eigenvalue weighted by Crippen LogP contribution is -2.22. The van der Waals surface area contributed by atoms with Crippen LogP contribution in [0, 0.1) is 6.92 Å². The van der Waals surface area contributed by atoms with Gasteiger partial charge < -0.3 is 17.2 Å². The molecular weight excluding hydrogens is 250 g/mol. The van der Waals surface area contributed by atoms with E-state index in [1.807, 2.05) is 55.5 Å². The highest BCUT2D eigenvalue weighted by molar-refractivity contribution is 6.15. The van der Waals surface area contributed by atoms with Crippen molar-refractivity contribution >= 4 is 17.4 Å². The van der Waals surface area contributed by atoms with Crippen LogP contribution >= 0.6 is 0 Å². The van der Waals surface area contributed by atoms with Crippen LogP contribution in [0.15, 0.2) is 58.7 Å². The van der Waals surface area contributed by atoms with Gasteiger partial charge in [0.2, 0.25) is 5.96 Å². The zero-order valence-electron chi connectivity index (χ0n) is 11.2. The highest BCUT2D eigenvalue weighted by Crippen LogP contribution is 2.19. The van der Waals surface area contributed by atoms with E-state index >= 15 is 0 Å². The molecule has 6 N–H and O–H groups in total. The summed E-state index contributed by atoms with van der Waals surface area (Å²) in [5.41, 5.74) is 20.8. The summed E-state index contributed by atoms with van der Waals surface area (Å²) in [5, 5.41) is 7.89. The summed E-state index contributed by atoms with van der Waals surface area (Å²) in [6.07, 6.45) is 0. The molecule has 0 spiro atoms. The van der Waals surface area contributed by atoms with Crippen molar-refractivity contribution < 1.29 is 0 Å². The highest BCUT2D eigenvalue weighted by atomic mass is 15.3. The summed E-state index contributed by atoms with van der Waals surface area (Å²) < 4.78 is 0. The molecule has 2 aromatic rings. The van der Waals surface area contributed by atoms with Crippen LogP contribution in [-0.2, 0) is 0 Å². The van der Waals surface area contributed by atoms with Gasteiger partial charge in [0.25, 0.3) is 0 Å². The highest BCUT2D eigenvalue weighted by Gasteiger charge is 2.10. The molecule has 20 heavy (non-hydrogen) atoms. The molecule has 0 heterocycles. The first-order valence-electron chi connectivity index (χ1n) is 6.16. The quantitative estimate of drug-likeness (QED) is 0.340. The van der Waals surface area contributed by atoms with Crippen molar-refractivity contribution in [2.75, 3.05) is 5.73 Å². The van der Waals surface area contributed by atoms with Crippen molar-refractivity contribution in [1.82, 2.24) is 0 Å². The molecular formula is C15H17N5. The third kappa shape index (κ3) is 3.14. The molecule has 2 rings (SSSR count). The summed E-state index contributed by atoms with van der Waals surface area (Å²) in [7, 11) is 0. The van der Waals surface area contributed by atoms with E-state index in [1.165, 1.54) is 0 Å². The number of nitrogens with two attached hydrogens (primary N) is 3. The number of hydrogen-bond donors (Lipinski definition) is 3. The van der Waals surface area contributed by atoms with Gasteiger partial charge in [-0.15, -0.1) is 10.2 Å². The minimum absolute atomic E-state index is 0.0929. The predicted octanol–water partition coefficient (Wildman–Crippen LogP) is 1.60. The maximum Gasteiger partial charge on any atom is 0.211 e. The Bertz CT molecular complexity index is 655. The van der Waals surface area contributed by atoms with Gasteiger partial charge in [0, 0.05) is 16.8 Å². The predicted molar refractivity (Wildman–Crippen MR) is 83.5 cm³/mol. The lowest BCUT2D eigenvalue weighted by Gasteiger charge is -2.09. The van der Waals surface area contributed by atoms with Crippen LogP contribution in [0.5, 0.6) is 0 Å². The minimum atomic E-state index is -0.0929. The first kappa shape index (κ1) is 13.6. The van der Waals surface area contributed by atoms with Gasteiger partial charge in [-0.3, -0.25) is 0 Å². The molecule has 0 aliphatic heterocycles. The number of benzene rings is 2. The normalized spacial score (nSPS) is 11.2. The largest absolute Gasteiger partial charge is 0.398 e. The maximum atomic E-state index is 6.04. The minimum Gasteiger partial charge on any atom is -0.398 e. The number of hydrogen-bond acceptors (Lipinski definition) is 3. The summed E-state index contributed by atoms with van der Waals surface area (Å²) in [5.74, 6) is -0.0929. The van der Waals surface area contributed by atoms with Crippen LogP contribution in [0.2, 0.25) is 0 Å². The molecule has 0 atom stereocenters. The molecule has 0 amide bonds. The SMILES string of the molecule is Cc1ccc(N)c(/C(=N/N=C(N)N)c2ccccc2)c1. The second kappa shape index (κ2) is 5.88. The number of rotatable bonds is 3. The van der Waals surface area contributed by atoms with E-state index in [4.69, 9.17) is 17.2 Å². The molecule has 5 nitrogen and oxygen atoms in total. The standard InChI is InChI=1S/C15H17N5/c1-10-7-8-13(16)12(9-10)14(19-20-15(17)18)11-5-3-2-4-6-11/h2-9H,16H2,1H3,(H4,17,18,20)/b19-14+. The zero-order valence-corrected chi connectivity index (χ0v) is 11.2. The third-order valence-electron chi connectivity index (χ3n) is 2.78. The van der Waals surface area contributed by atoms with Gasteiger partial charge in [-0.2, -0.15) is 0 Å². The van der Waals surface area contributed by atoms with Gasteiger partial charge in [0.1, 0.15) is 5.71 Å². The van der Waals surface area contributed by atoms with Crippen LogP contribution in [0.1, 0.15) is 16.7 Å². The first-order chi connectivity index (χ1) is 9.58. The van der Waals surface area contributed by atoms with Crippen molar-refractivity contribution in [3.05, 3.63) is 65.2 Å². The third-order valence-corrected chi connectivity index (χ3v) is 2.78. The first-order valence-corrected chi connectivity index (χ1v) is 6.16. The van der Waals surface area contributed by atoms with Crippen molar-refractivity contribution in [3.8, 4) is 0 Å². The van der Waals surface area contributed by atoms with Crippen LogP contribution in [0.3, 0.4) is 0 Å². The van der Waals surface area contributed by atoms with Crippen LogP contribution in [0.4, 0.5) is 5.69 Å². The fourth-order valence-corrected chi connectivity index (χ4v) is 1.85. The Morgan fingerprint density at radius 3 is 2.30 bits per heavy atom. The number of aryl methyl sites for hydroxylation is 1. The second-order valence-electron chi connectivity index (χ2n) is 4.43. The lowest BCUT2D eigenvalue weighted by atomic mass is 9.99. The van der Waals surface area contributed by atoms with Gasteiger partial charge in [0.05, 0.1) is 0 Å². The van der Waals surface area contributed by atoms with Crippen molar-refractivity contribution in [2.24, 2.45) is 21.7 Å². The smallest absolute Gasteiger partial charge is 0.211 e. The number of nitrogens with zero attached hydrogens (tertiary/aromatic N) is 2. The van der Waals surface area contributed by atoms with E-state index in [-0.39, 0.29) is 5.96 Å². The molecule has 2 aromatic carbocycles. The van der Waals surface area contributed by atoms with Crippen molar-refractivity contribution in [2.45, 2.75) is 6.92 Å². The molecule has 0 unspecified atom stereocenters. The Morgan fingerprint density at radius 1 is 0.950 bits per heavy atom. The number of guanidine groups is 1. The number of nitrogen functional groups attached to an aromatic ring is 1. The van der Waals surface area contributed by atoms with E-state index in [2.05, 4.69) is 10.2 Å². The summed E-state index contributed by atoms with van der Waals surface area (Å²) >= 11 is 0. The monoisotopic (exact) mass is 267 g/mol. The van der Waals surface area contributed by atoms with Crippen molar-refractivity contribution in [1.29, 1.82) is 0 Å². The summed E-state index contributed by atoms with van der Waals surface area (Å²) in [6.45, 7) is 1.99. The molecule has 0 radical (unpaired) electrons. The Labute approximate surface area is 117 Å². The van der Waals surface area contributed by atoms with E-state index in [0.29, 0.717) is 11.4 Å². The Hall–Kier alpha value is -2.82. The number of anilines is 1. The summed E-state index contributed by atoms with van der Waals surface area (Å²) in [4.78, 5) is 0. The maximum absolute atomic E-state index is 6.04. The van der Waals surface area contributed by atoms with Crippen LogP contribution in [-0.4, -0.2) is 11.7 Å². The Balaban J connectivity index is 2.61. The van der Waals surface area contributed by atoms with Gasteiger partial charge >= 0.3 is 0 Å². The van der Waals surface area contributed by atoms with Gasteiger partial charge in [0.15, 0.2) is 0 Å². The van der Waals surface area contributed by atoms with E-state index in [0.717, 1.165) is 16.7 Å². The molecule has 102 valence electrons. The molecule has 0 bridgehead atoms. The lowest BCUT2D eigenvalue weighted by molar-refractivity contribution is 1.20. The molecule has 0 aliphatic rings. The Kier molecular flexibility index (Phi) is 4.00. The second-order valence-corrected chi connectivity index (χ2v) is 4.43. The van der Waals surface area contributed by atoms with Gasteiger partial charge in [-0.1, -0.05) is 42.0 Å². The van der Waals surface area contributed by atoms with Gasteiger partial charge in [-0.25, -0.2) is 0 Å². The Morgan fingerprint density at radius 2 is 1.65 bits per heavy atom. The molecule has 0 aliphatic carbocycles. The van der Waals surface area contributed by atoms with E-state index < -0.39 is 0 Å². The molecule has 5 heteroatoms. The average Bonchev–Trinajstić information content (AvgIpc) is 2.43. The fourth-order valence-electron chi connectivity index (χ4n) is 1.85. The summed E-state index contributed by atoms with van der Waals surface area (Å²) in [6, 6.07) is 15.4. The molecule has 0 saturated carbocycles. The zero-order chi connectivity index (χ0) is 14.5. The molecule has 0 fully saturated rings. The van der Waals surface area contributed by atoms with Crippen LogP contribution in [0.25, 0.3) is 0 Å². The van der Waals surface area contributed by atoms with Gasteiger partial charge in [-0.05, 0) is 19.1 Å². The fraction of sp³-hybridized carbons (Fsp3) is 0.0667. The average molecular weight is 267 g/mol. The van der Waals surface area contributed by atoms with Crippen molar-refractivity contribution in [3.63, 3.8) is 0 Å². The topological polar surface area (TPSA) is 103 Å². The molecule has 0 saturated heterocycles. The van der Waals surface area contributed by atoms with E-state index in [9.17, 15) is 0 Å².